The zero-order valence-electron chi connectivity index (χ0n) is 7.78. The lowest BCUT2D eigenvalue weighted by molar-refractivity contribution is -0.136. The van der Waals surface area contributed by atoms with Crippen LogP contribution in [0, 0.1) is 0 Å². The van der Waals surface area contributed by atoms with E-state index in [0.29, 0.717) is 0 Å². The van der Waals surface area contributed by atoms with Gasteiger partial charge in [-0.25, -0.2) is 8.78 Å². The second-order valence-electron chi connectivity index (χ2n) is 2.96. The van der Waals surface area contributed by atoms with Gasteiger partial charge in [0.25, 0.3) is 6.43 Å². The lowest BCUT2D eigenvalue weighted by atomic mass is 10.1. The number of carboxylic acids is 1. The Balaban J connectivity index is 3.05. The number of aromatic nitrogens is 1. The van der Waals surface area contributed by atoms with Gasteiger partial charge in [0.15, 0.2) is 0 Å². The number of nitrogens with two attached hydrogens (primary N) is 1. The fourth-order valence-corrected chi connectivity index (χ4v) is 1.15. The molecular formula is C9H10F2N2O2. The summed E-state index contributed by atoms with van der Waals surface area (Å²) in [6.45, 7) is 0.00712. The number of nitrogens with zero attached hydrogens (tertiary/aromatic N) is 1. The van der Waals surface area contributed by atoms with Crippen LogP contribution < -0.4 is 5.73 Å². The van der Waals surface area contributed by atoms with Gasteiger partial charge in [-0.15, -0.1) is 0 Å². The number of rotatable bonds is 4. The predicted octanol–water partition coefficient (Wildman–Crippen LogP) is 1.10. The third kappa shape index (κ3) is 3.25. The molecular weight excluding hydrogens is 206 g/mol. The van der Waals surface area contributed by atoms with Crippen molar-refractivity contribution in [3.63, 3.8) is 0 Å². The minimum Gasteiger partial charge on any atom is -0.481 e. The fourth-order valence-electron chi connectivity index (χ4n) is 1.15. The summed E-state index contributed by atoms with van der Waals surface area (Å²) in [5.41, 5.74) is 5.38. The lowest BCUT2D eigenvalue weighted by Crippen LogP contribution is -2.08. The van der Waals surface area contributed by atoms with Crippen molar-refractivity contribution in [2.45, 2.75) is 19.4 Å². The Bertz CT molecular complexity index is 369. The van der Waals surface area contributed by atoms with E-state index in [1.54, 1.807) is 0 Å². The van der Waals surface area contributed by atoms with Gasteiger partial charge in [0.05, 0.1) is 17.8 Å². The van der Waals surface area contributed by atoms with Crippen LogP contribution >= 0.6 is 0 Å². The third-order valence-electron chi connectivity index (χ3n) is 1.75. The molecule has 0 saturated carbocycles. The van der Waals surface area contributed by atoms with Crippen molar-refractivity contribution in [3.8, 4) is 0 Å². The zero-order valence-corrected chi connectivity index (χ0v) is 7.78. The monoisotopic (exact) mass is 216 g/mol. The Hall–Kier alpha value is -1.56. The van der Waals surface area contributed by atoms with Crippen molar-refractivity contribution in [1.82, 2.24) is 4.98 Å². The normalized spacial score (nSPS) is 10.7. The summed E-state index contributed by atoms with van der Waals surface area (Å²) >= 11 is 0. The van der Waals surface area contributed by atoms with E-state index in [9.17, 15) is 13.6 Å². The number of carbonyl (C=O) groups is 1. The van der Waals surface area contributed by atoms with Crippen LogP contribution in [0.15, 0.2) is 12.1 Å². The molecule has 1 heterocycles. The summed E-state index contributed by atoms with van der Waals surface area (Å²) in [5, 5.41) is 8.50. The second-order valence-corrected chi connectivity index (χ2v) is 2.96. The van der Waals surface area contributed by atoms with Crippen molar-refractivity contribution in [2.24, 2.45) is 5.73 Å². The largest absolute Gasteiger partial charge is 0.481 e. The average Bonchev–Trinajstić information content (AvgIpc) is 2.16. The smallest absolute Gasteiger partial charge is 0.309 e. The maximum absolute atomic E-state index is 12.4. The minimum atomic E-state index is -2.65. The molecule has 3 N–H and O–H groups in total. The Morgan fingerprint density at radius 3 is 2.53 bits per heavy atom. The van der Waals surface area contributed by atoms with Gasteiger partial charge in [0.2, 0.25) is 0 Å². The van der Waals surface area contributed by atoms with Crippen molar-refractivity contribution in [2.75, 3.05) is 0 Å². The van der Waals surface area contributed by atoms with E-state index in [1.807, 2.05) is 0 Å². The van der Waals surface area contributed by atoms with Crippen LogP contribution in [0.5, 0.6) is 0 Å². The summed E-state index contributed by atoms with van der Waals surface area (Å²) in [7, 11) is 0. The molecule has 0 aromatic carbocycles. The number of carboxylic acid groups (broad SMARTS) is 1. The molecule has 0 atom stereocenters. The number of aliphatic carboxylic acids is 1. The molecule has 0 spiro atoms. The number of alkyl halides is 2. The van der Waals surface area contributed by atoms with Gasteiger partial charge in [0, 0.05) is 12.1 Å². The molecule has 0 fully saturated rings. The standard InChI is InChI=1S/C9H10F2N2O2/c10-9(11)5-1-6(3-8(14)15)13-7(2-5)4-12/h1-2,9H,3-4,12H2,(H,14,15). The molecule has 0 unspecified atom stereocenters. The summed E-state index contributed by atoms with van der Waals surface area (Å²) in [6, 6.07) is 2.26. The van der Waals surface area contributed by atoms with Crippen molar-refractivity contribution < 1.29 is 18.7 Å². The van der Waals surface area contributed by atoms with Gasteiger partial charge in [0.1, 0.15) is 0 Å². The van der Waals surface area contributed by atoms with Crippen molar-refractivity contribution in [3.05, 3.63) is 29.1 Å². The third-order valence-corrected chi connectivity index (χ3v) is 1.75. The number of hydrogen-bond donors (Lipinski definition) is 2. The number of hydrogen-bond acceptors (Lipinski definition) is 3. The van der Waals surface area contributed by atoms with Gasteiger partial charge in [-0.3, -0.25) is 9.78 Å². The first kappa shape index (κ1) is 11.5. The molecule has 0 aliphatic carbocycles. The lowest BCUT2D eigenvalue weighted by Gasteiger charge is -2.05. The molecule has 0 radical (unpaired) electrons. The van der Waals surface area contributed by atoms with E-state index >= 15 is 0 Å². The van der Waals surface area contributed by atoms with Gasteiger partial charge >= 0.3 is 5.97 Å². The number of halogens is 2. The quantitative estimate of drug-likeness (QED) is 0.790. The molecule has 1 rings (SSSR count). The van der Waals surface area contributed by atoms with E-state index in [-0.39, 0.29) is 29.9 Å². The molecule has 0 bridgehead atoms. The first-order chi connectivity index (χ1) is 7.02. The highest BCUT2D eigenvalue weighted by Crippen LogP contribution is 2.20. The maximum atomic E-state index is 12.4. The SMILES string of the molecule is NCc1cc(C(F)F)cc(CC(=O)O)n1. The van der Waals surface area contributed by atoms with Crippen LogP contribution in [0.1, 0.15) is 23.4 Å². The molecule has 6 heteroatoms. The molecule has 4 nitrogen and oxygen atoms in total. The fraction of sp³-hybridized carbons (Fsp3) is 0.333. The Kier molecular flexibility index (Phi) is 3.68. The van der Waals surface area contributed by atoms with Gasteiger partial charge < -0.3 is 10.8 Å². The summed E-state index contributed by atoms with van der Waals surface area (Å²) in [5.74, 6) is -1.11. The Morgan fingerprint density at radius 2 is 2.07 bits per heavy atom. The van der Waals surface area contributed by atoms with Crippen molar-refractivity contribution in [1.29, 1.82) is 0 Å². The summed E-state index contributed by atoms with van der Waals surface area (Å²) < 4.78 is 24.8. The van der Waals surface area contributed by atoms with E-state index in [2.05, 4.69) is 4.98 Å². The van der Waals surface area contributed by atoms with E-state index in [0.717, 1.165) is 6.07 Å². The maximum Gasteiger partial charge on any atom is 0.309 e. The minimum absolute atomic E-state index is 0.00712. The van der Waals surface area contributed by atoms with E-state index in [4.69, 9.17) is 10.8 Å². The van der Waals surface area contributed by atoms with E-state index in [1.165, 1.54) is 6.07 Å². The van der Waals surface area contributed by atoms with Gasteiger partial charge in [-0.1, -0.05) is 0 Å². The topological polar surface area (TPSA) is 76.2 Å². The molecule has 15 heavy (non-hydrogen) atoms. The second kappa shape index (κ2) is 4.79. The molecule has 0 aliphatic heterocycles. The van der Waals surface area contributed by atoms with Crippen LogP contribution in [-0.2, 0) is 17.8 Å². The molecule has 82 valence electrons. The first-order valence-corrected chi connectivity index (χ1v) is 4.22. The first-order valence-electron chi connectivity index (χ1n) is 4.22. The van der Waals surface area contributed by atoms with Gasteiger partial charge in [-0.05, 0) is 12.1 Å². The molecule has 1 aromatic rings. The summed E-state index contributed by atoms with van der Waals surface area (Å²) in [6.07, 6.45) is -3.03. The van der Waals surface area contributed by atoms with Crippen LogP contribution in [-0.4, -0.2) is 16.1 Å². The van der Waals surface area contributed by atoms with E-state index < -0.39 is 12.4 Å². The highest BCUT2D eigenvalue weighted by molar-refractivity contribution is 5.69. The molecule has 0 aliphatic rings. The Labute approximate surface area is 84.7 Å². The van der Waals surface area contributed by atoms with Crippen LogP contribution in [0.3, 0.4) is 0 Å². The van der Waals surface area contributed by atoms with Crippen LogP contribution in [0.25, 0.3) is 0 Å². The van der Waals surface area contributed by atoms with Crippen LogP contribution in [0.4, 0.5) is 8.78 Å². The van der Waals surface area contributed by atoms with Crippen molar-refractivity contribution >= 4 is 5.97 Å². The molecule has 0 amide bonds. The average molecular weight is 216 g/mol. The highest BCUT2D eigenvalue weighted by Gasteiger charge is 2.12. The zero-order chi connectivity index (χ0) is 11.4. The predicted molar refractivity (Wildman–Crippen MR) is 48.4 cm³/mol. The van der Waals surface area contributed by atoms with Crippen LogP contribution in [0.2, 0.25) is 0 Å². The molecule has 1 aromatic heterocycles. The summed E-state index contributed by atoms with van der Waals surface area (Å²) in [4.78, 5) is 14.2. The Morgan fingerprint density at radius 1 is 1.47 bits per heavy atom. The number of pyridine rings is 1. The highest BCUT2D eigenvalue weighted by atomic mass is 19.3. The van der Waals surface area contributed by atoms with Gasteiger partial charge in [-0.2, -0.15) is 0 Å². The molecule has 0 saturated heterocycles.